The zero-order chi connectivity index (χ0) is 14.5. The molecule has 1 aromatic carbocycles. The first-order valence-electron chi connectivity index (χ1n) is 8.04. The van der Waals surface area contributed by atoms with Gasteiger partial charge in [0, 0.05) is 19.7 Å². The van der Waals surface area contributed by atoms with Gasteiger partial charge >= 0.3 is 0 Å². The number of aliphatic hydroxyl groups is 1. The lowest BCUT2D eigenvalue weighted by atomic mass is 10.1. The van der Waals surface area contributed by atoms with E-state index in [-0.39, 0.29) is 25.0 Å². The first-order chi connectivity index (χ1) is 10.4. The van der Waals surface area contributed by atoms with Crippen molar-refractivity contribution in [2.45, 2.75) is 44.1 Å². The van der Waals surface area contributed by atoms with Crippen molar-refractivity contribution in [1.82, 2.24) is 4.90 Å². The Morgan fingerprint density at radius 2 is 2.10 bits per heavy atom. The van der Waals surface area contributed by atoms with Crippen LogP contribution in [0.3, 0.4) is 0 Å². The number of hydrogen-bond donors (Lipinski definition) is 1. The molecule has 0 amide bonds. The van der Waals surface area contributed by atoms with Crippen LogP contribution in [0.25, 0.3) is 0 Å². The van der Waals surface area contributed by atoms with E-state index in [9.17, 15) is 5.11 Å². The molecule has 2 aliphatic heterocycles. The van der Waals surface area contributed by atoms with Crippen LogP contribution in [-0.2, 0) is 9.47 Å². The van der Waals surface area contributed by atoms with Crippen LogP contribution in [-0.4, -0.2) is 48.7 Å². The first kappa shape index (κ1) is 15.0. The lowest BCUT2D eigenvalue weighted by Crippen LogP contribution is -2.33. The predicted octanol–water partition coefficient (Wildman–Crippen LogP) is 2.34. The summed E-state index contributed by atoms with van der Waals surface area (Å²) in [5, 5.41) is 9.74. The van der Waals surface area contributed by atoms with E-state index in [0.717, 1.165) is 39.0 Å². The van der Waals surface area contributed by atoms with Crippen molar-refractivity contribution < 1.29 is 14.6 Å². The molecule has 21 heavy (non-hydrogen) atoms. The molecule has 2 aliphatic rings. The summed E-state index contributed by atoms with van der Waals surface area (Å²) in [5.41, 5.74) is 1.18. The Morgan fingerprint density at radius 1 is 1.24 bits per heavy atom. The normalized spacial score (nSPS) is 28.6. The maximum absolute atomic E-state index is 9.74. The smallest absolute Gasteiger partial charge is 0.158 e. The molecular weight excluding hydrogens is 266 g/mol. The molecule has 1 N–H and O–H groups in total. The topological polar surface area (TPSA) is 41.9 Å². The number of hydrogen-bond acceptors (Lipinski definition) is 4. The molecule has 3 atom stereocenters. The molecule has 2 fully saturated rings. The number of aliphatic hydroxyl groups excluding tert-OH is 1. The quantitative estimate of drug-likeness (QED) is 0.904. The molecule has 4 heteroatoms. The molecule has 0 bridgehead atoms. The van der Waals surface area contributed by atoms with Gasteiger partial charge in [0.15, 0.2) is 6.29 Å². The second-order valence-corrected chi connectivity index (χ2v) is 5.95. The minimum Gasteiger partial charge on any atom is -0.394 e. The number of nitrogens with zero attached hydrogens (tertiary/aromatic N) is 1. The number of benzene rings is 1. The molecular formula is C17H25NO3. The summed E-state index contributed by atoms with van der Waals surface area (Å²) in [5.74, 6) is 0. The monoisotopic (exact) mass is 291 g/mol. The van der Waals surface area contributed by atoms with Crippen molar-refractivity contribution >= 4 is 0 Å². The lowest BCUT2D eigenvalue weighted by Gasteiger charge is -2.28. The molecule has 0 saturated carbocycles. The highest BCUT2D eigenvalue weighted by Crippen LogP contribution is 2.27. The van der Waals surface area contributed by atoms with Crippen LogP contribution >= 0.6 is 0 Å². The second kappa shape index (κ2) is 7.36. The fourth-order valence-electron chi connectivity index (χ4n) is 3.29. The molecule has 2 heterocycles. The van der Waals surface area contributed by atoms with Gasteiger partial charge in [-0.25, -0.2) is 0 Å². The third-order valence-electron chi connectivity index (χ3n) is 4.46. The molecule has 0 aliphatic carbocycles. The summed E-state index contributed by atoms with van der Waals surface area (Å²) in [7, 11) is 0. The van der Waals surface area contributed by atoms with E-state index < -0.39 is 0 Å². The van der Waals surface area contributed by atoms with E-state index >= 15 is 0 Å². The summed E-state index contributed by atoms with van der Waals surface area (Å²) in [4.78, 5) is 2.32. The highest BCUT2D eigenvalue weighted by atomic mass is 16.7. The molecule has 0 aromatic heterocycles. The van der Waals surface area contributed by atoms with Gasteiger partial charge < -0.3 is 14.6 Å². The van der Waals surface area contributed by atoms with Crippen LogP contribution in [0.2, 0.25) is 0 Å². The molecule has 116 valence electrons. The van der Waals surface area contributed by atoms with E-state index in [4.69, 9.17) is 9.47 Å². The molecule has 2 unspecified atom stereocenters. The van der Waals surface area contributed by atoms with Crippen LogP contribution in [0.5, 0.6) is 0 Å². The Kier molecular flexibility index (Phi) is 5.25. The van der Waals surface area contributed by atoms with Crippen LogP contribution in [0.4, 0.5) is 0 Å². The second-order valence-electron chi connectivity index (χ2n) is 5.95. The van der Waals surface area contributed by atoms with Gasteiger partial charge in [0.05, 0.1) is 18.8 Å². The average molecular weight is 291 g/mol. The molecule has 1 aromatic rings. The zero-order valence-electron chi connectivity index (χ0n) is 12.5. The maximum atomic E-state index is 9.74. The summed E-state index contributed by atoms with van der Waals surface area (Å²) in [6.45, 7) is 2.82. The molecule has 3 rings (SSSR count). The Bertz CT molecular complexity index is 419. The summed E-state index contributed by atoms with van der Waals surface area (Å²) in [6.07, 6.45) is 4.59. The van der Waals surface area contributed by atoms with Gasteiger partial charge in [-0.05, 0) is 31.2 Å². The molecule has 2 saturated heterocycles. The van der Waals surface area contributed by atoms with E-state index in [2.05, 4.69) is 17.0 Å². The Hall–Kier alpha value is -0.940. The van der Waals surface area contributed by atoms with Crippen molar-refractivity contribution in [3.8, 4) is 0 Å². The van der Waals surface area contributed by atoms with Crippen molar-refractivity contribution in [3.05, 3.63) is 35.9 Å². The maximum Gasteiger partial charge on any atom is 0.158 e. The van der Waals surface area contributed by atoms with Crippen LogP contribution in [0.15, 0.2) is 30.3 Å². The minimum absolute atomic E-state index is 0.0204. The van der Waals surface area contributed by atoms with Gasteiger partial charge in [0.1, 0.15) is 0 Å². The van der Waals surface area contributed by atoms with Crippen molar-refractivity contribution in [2.75, 3.05) is 26.3 Å². The largest absolute Gasteiger partial charge is 0.394 e. The highest BCUT2D eigenvalue weighted by Gasteiger charge is 2.31. The van der Waals surface area contributed by atoms with Crippen LogP contribution < -0.4 is 0 Å². The third kappa shape index (κ3) is 3.83. The lowest BCUT2D eigenvalue weighted by molar-refractivity contribution is -0.185. The van der Waals surface area contributed by atoms with Gasteiger partial charge in [-0.2, -0.15) is 0 Å². The summed E-state index contributed by atoms with van der Waals surface area (Å²) in [6, 6.07) is 10.3. The SMILES string of the molecule is OCC(c1ccccc1)N1CC[C@H](OC2CCCCO2)C1. The van der Waals surface area contributed by atoms with Gasteiger partial charge in [0.2, 0.25) is 0 Å². The van der Waals surface area contributed by atoms with Gasteiger partial charge in [-0.1, -0.05) is 30.3 Å². The Morgan fingerprint density at radius 3 is 2.81 bits per heavy atom. The zero-order valence-corrected chi connectivity index (χ0v) is 12.5. The highest BCUT2D eigenvalue weighted by molar-refractivity contribution is 5.19. The van der Waals surface area contributed by atoms with Gasteiger partial charge in [0.25, 0.3) is 0 Å². The van der Waals surface area contributed by atoms with E-state index in [1.807, 2.05) is 18.2 Å². The summed E-state index contributed by atoms with van der Waals surface area (Å²) < 4.78 is 11.7. The predicted molar refractivity (Wildman–Crippen MR) is 80.9 cm³/mol. The Balaban J connectivity index is 1.55. The van der Waals surface area contributed by atoms with Crippen LogP contribution in [0, 0.1) is 0 Å². The number of likely N-dealkylation sites (tertiary alicyclic amines) is 1. The standard InChI is InChI=1S/C17H25NO3/c19-13-16(14-6-2-1-3-7-14)18-10-9-15(12-18)21-17-8-4-5-11-20-17/h1-3,6-7,15-17,19H,4-5,8-13H2/t15-,16?,17?/m0/s1. The van der Waals surface area contributed by atoms with Crippen molar-refractivity contribution in [3.63, 3.8) is 0 Å². The summed E-state index contributed by atoms with van der Waals surface area (Å²) >= 11 is 0. The third-order valence-corrected chi connectivity index (χ3v) is 4.46. The molecule has 0 spiro atoms. The fraction of sp³-hybridized carbons (Fsp3) is 0.647. The fourth-order valence-corrected chi connectivity index (χ4v) is 3.29. The first-order valence-corrected chi connectivity index (χ1v) is 8.04. The minimum atomic E-state index is -0.0204. The van der Waals surface area contributed by atoms with Gasteiger partial charge in [-0.15, -0.1) is 0 Å². The van der Waals surface area contributed by atoms with E-state index in [0.29, 0.717) is 0 Å². The molecule has 0 radical (unpaired) electrons. The molecule has 4 nitrogen and oxygen atoms in total. The van der Waals surface area contributed by atoms with Crippen LogP contribution in [0.1, 0.15) is 37.3 Å². The van der Waals surface area contributed by atoms with Crippen molar-refractivity contribution in [2.24, 2.45) is 0 Å². The van der Waals surface area contributed by atoms with Gasteiger partial charge in [-0.3, -0.25) is 4.90 Å². The Labute approximate surface area is 126 Å². The van der Waals surface area contributed by atoms with E-state index in [1.165, 1.54) is 12.0 Å². The van der Waals surface area contributed by atoms with Crippen molar-refractivity contribution in [1.29, 1.82) is 0 Å². The number of rotatable bonds is 5. The average Bonchev–Trinajstić information content (AvgIpc) is 2.98. The number of ether oxygens (including phenoxy) is 2. The van der Waals surface area contributed by atoms with E-state index in [1.54, 1.807) is 0 Å².